The highest BCUT2D eigenvalue weighted by Gasteiger charge is 2.08. The lowest BCUT2D eigenvalue weighted by Gasteiger charge is -2.08. The summed E-state index contributed by atoms with van der Waals surface area (Å²) in [6.45, 7) is 3.26. The van der Waals surface area contributed by atoms with E-state index in [0.717, 1.165) is 10.0 Å². The van der Waals surface area contributed by atoms with Gasteiger partial charge in [0, 0.05) is 12.3 Å². The van der Waals surface area contributed by atoms with Crippen molar-refractivity contribution in [3.8, 4) is 0 Å². The maximum Gasteiger partial charge on any atom is 0.239 e. The maximum absolute atomic E-state index is 10.7. The molecule has 0 saturated heterocycles. The zero-order valence-electron chi connectivity index (χ0n) is 6.37. The second-order valence-corrected chi connectivity index (χ2v) is 3.18. The first kappa shape index (κ1) is 8.16. The molecule has 0 aliphatic rings. The standard InChI is InChI=1S/C6H9N3OS/c1-4-8-6(3-11-4)9(7)5(2)10/h3H,7H2,1-2H3. The third-order valence-corrected chi connectivity index (χ3v) is 1.95. The van der Waals surface area contributed by atoms with E-state index in [1.807, 2.05) is 6.92 Å². The van der Waals surface area contributed by atoms with Gasteiger partial charge in [0.25, 0.3) is 0 Å². The van der Waals surface area contributed by atoms with Crippen molar-refractivity contribution >= 4 is 23.1 Å². The molecular weight excluding hydrogens is 162 g/mol. The molecule has 11 heavy (non-hydrogen) atoms. The number of nitrogens with zero attached hydrogens (tertiary/aromatic N) is 2. The molecule has 4 nitrogen and oxygen atoms in total. The number of rotatable bonds is 1. The molecule has 60 valence electrons. The molecule has 0 unspecified atom stereocenters. The van der Waals surface area contributed by atoms with Gasteiger partial charge in [-0.3, -0.25) is 4.79 Å². The smallest absolute Gasteiger partial charge is 0.239 e. The molecule has 0 aliphatic heterocycles. The molecule has 0 spiro atoms. The Hall–Kier alpha value is -0.940. The van der Waals surface area contributed by atoms with Crippen LogP contribution in [0, 0.1) is 6.92 Å². The van der Waals surface area contributed by atoms with Gasteiger partial charge in [0.05, 0.1) is 5.01 Å². The SMILES string of the molecule is CC(=O)N(N)c1csc(C)n1. The number of hydrazine groups is 1. The number of hydrogen-bond acceptors (Lipinski definition) is 4. The summed E-state index contributed by atoms with van der Waals surface area (Å²) < 4.78 is 0. The summed E-state index contributed by atoms with van der Waals surface area (Å²) in [6.07, 6.45) is 0. The van der Waals surface area contributed by atoms with E-state index in [-0.39, 0.29) is 5.91 Å². The molecule has 0 fully saturated rings. The van der Waals surface area contributed by atoms with Gasteiger partial charge in [0.1, 0.15) is 0 Å². The monoisotopic (exact) mass is 171 g/mol. The Kier molecular flexibility index (Phi) is 2.21. The van der Waals surface area contributed by atoms with E-state index in [1.54, 1.807) is 5.38 Å². The van der Waals surface area contributed by atoms with E-state index in [9.17, 15) is 4.79 Å². The van der Waals surface area contributed by atoms with Crippen LogP contribution in [0.25, 0.3) is 0 Å². The van der Waals surface area contributed by atoms with Crippen LogP contribution in [0.3, 0.4) is 0 Å². The maximum atomic E-state index is 10.7. The van der Waals surface area contributed by atoms with Crippen molar-refractivity contribution in [2.24, 2.45) is 5.84 Å². The van der Waals surface area contributed by atoms with E-state index in [2.05, 4.69) is 4.98 Å². The van der Waals surface area contributed by atoms with Gasteiger partial charge >= 0.3 is 0 Å². The number of aromatic nitrogens is 1. The average Bonchev–Trinajstić information content (AvgIpc) is 2.34. The number of carbonyl (C=O) groups is 1. The van der Waals surface area contributed by atoms with Crippen LogP contribution < -0.4 is 10.9 Å². The normalized spacial score (nSPS) is 9.73. The number of carbonyl (C=O) groups excluding carboxylic acids is 1. The van der Waals surface area contributed by atoms with E-state index in [4.69, 9.17) is 5.84 Å². The Balaban J connectivity index is 2.84. The van der Waals surface area contributed by atoms with Crippen LogP contribution in [-0.2, 0) is 4.79 Å². The van der Waals surface area contributed by atoms with Crippen LogP contribution in [0.15, 0.2) is 5.38 Å². The van der Waals surface area contributed by atoms with Crippen LogP contribution in [0.2, 0.25) is 0 Å². The first-order chi connectivity index (χ1) is 5.11. The van der Waals surface area contributed by atoms with Crippen LogP contribution in [-0.4, -0.2) is 10.9 Å². The van der Waals surface area contributed by atoms with Crippen molar-refractivity contribution in [3.05, 3.63) is 10.4 Å². The van der Waals surface area contributed by atoms with E-state index in [1.165, 1.54) is 18.3 Å². The van der Waals surface area contributed by atoms with Gasteiger partial charge in [-0.2, -0.15) is 0 Å². The predicted octanol–water partition coefficient (Wildman–Crippen LogP) is 0.678. The second kappa shape index (κ2) is 2.98. The van der Waals surface area contributed by atoms with Crippen molar-refractivity contribution in [2.45, 2.75) is 13.8 Å². The van der Waals surface area contributed by atoms with Crippen molar-refractivity contribution in [2.75, 3.05) is 5.01 Å². The van der Waals surface area contributed by atoms with Gasteiger partial charge in [0.2, 0.25) is 5.91 Å². The summed E-state index contributed by atoms with van der Waals surface area (Å²) in [7, 11) is 0. The van der Waals surface area contributed by atoms with E-state index < -0.39 is 0 Å². The third kappa shape index (κ3) is 1.75. The van der Waals surface area contributed by atoms with Gasteiger partial charge in [-0.15, -0.1) is 11.3 Å². The molecule has 0 radical (unpaired) electrons. The Morgan fingerprint density at radius 2 is 2.45 bits per heavy atom. The first-order valence-electron chi connectivity index (χ1n) is 3.09. The number of aryl methyl sites for hydroxylation is 1. The molecular formula is C6H9N3OS. The lowest BCUT2D eigenvalue weighted by Crippen LogP contribution is -2.35. The number of anilines is 1. The Labute approximate surface area is 68.6 Å². The molecule has 2 N–H and O–H groups in total. The molecule has 1 amide bonds. The van der Waals surface area contributed by atoms with E-state index >= 15 is 0 Å². The Morgan fingerprint density at radius 3 is 2.82 bits per heavy atom. The number of thiazole rings is 1. The summed E-state index contributed by atoms with van der Waals surface area (Å²) in [5.41, 5.74) is 0. The number of nitrogens with two attached hydrogens (primary N) is 1. The summed E-state index contributed by atoms with van der Waals surface area (Å²) in [6, 6.07) is 0. The highest BCUT2D eigenvalue weighted by atomic mass is 32.1. The summed E-state index contributed by atoms with van der Waals surface area (Å²) in [4.78, 5) is 14.7. The Morgan fingerprint density at radius 1 is 1.82 bits per heavy atom. The van der Waals surface area contributed by atoms with Crippen LogP contribution >= 0.6 is 11.3 Å². The minimum absolute atomic E-state index is 0.213. The number of hydrogen-bond donors (Lipinski definition) is 1. The van der Waals surface area contributed by atoms with Crippen LogP contribution in [0.1, 0.15) is 11.9 Å². The van der Waals surface area contributed by atoms with Crippen molar-refractivity contribution in [1.82, 2.24) is 4.98 Å². The fourth-order valence-corrected chi connectivity index (χ4v) is 1.21. The number of amides is 1. The third-order valence-electron chi connectivity index (χ3n) is 1.19. The summed E-state index contributed by atoms with van der Waals surface area (Å²) in [5.74, 6) is 5.68. The quantitative estimate of drug-likeness (QED) is 0.384. The molecule has 0 saturated carbocycles. The van der Waals surface area contributed by atoms with Gasteiger partial charge < -0.3 is 0 Å². The van der Waals surface area contributed by atoms with Crippen molar-refractivity contribution in [1.29, 1.82) is 0 Å². The predicted molar refractivity (Wildman–Crippen MR) is 44.2 cm³/mol. The molecule has 0 atom stereocenters. The van der Waals surface area contributed by atoms with Gasteiger partial charge in [-0.25, -0.2) is 15.8 Å². The largest absolute Gasteiger partial charge is 0.273 e. The molecule has 1 aromatic heterocycles. The molecule has 1 aromatic rings. The topological polar surface area (TPSA) is 59.2 Å². The highest BCUT2D eigenvalue weighted by molar-refractivity contribution is 7.09. The van der Waals surface area contributed by atoms with E-state index in [0.29, 0.717) is 5.82 Å². The molecule has 1 rings (SSSR count). The van der Waals surface area contributed by atoms with Crippen LogP contribution in [0.4, 0.5) is 5.82 Å². The van der Waals surface area contributed by atoms with Gasteiger partial charge in [-0.05, 0) is 6.92 Å². The lowest BCUT2D eigenvalue weighted by molar-refractivity contribution is -0.116. The minimum Gasteiger partial charge on any atom is -0.273 e. The highest BCUT2D eigenvalue weighted by Crippen LogP contribution is 2.14. The summed E-state index contributed by atoms with van der Waals surface area (Å²) >= 11 is 1.47. The molecule has 0 aliphatic carbocycles. The zero-order valence-corrected chi connectivity index (χ0v) is 7.18. The van der Waals surface area contributed by atoms with Crippen LogP contribution in [0.5, 0.6) is 0 Å². The summed E-state index contributed by atoms with van der Waals surface area (Å²) in [5, 5.41) is 3.68. The van der Waals surface area contributed by atoms with Gasteiger partial charge in [0.15, 0.2) is 5.82 Å². The lowest BCUT2D eigenvalue weighted by atomic mass is 10.6. The average molecular weight is 171 g/mol. The minimum atomic E-state index is -0.213. The van der Waals surface area contributed by atoms with Crippen molar-refractivity contribution in [3.63, 3.8) is 0 Å². The second-order valence-electron chi connectivity index (χ2n) is 2.11. The fourth-order valence-electron chi connectivity index (χ4n) is 0.624. The first-order valence-corrected chi connectivity index (χ1v) is 3.96. The molecule has 0 aromatic carbocycles. The fraction of sp³-hybridized carbons (Fsp3) is 0.333. The Bertz CT molecular complexity index is 271. The molecule has 1 heterocycles. The molecule has 0 bridgehead atoms. The van der Waals surface area contributed by atoms with Crippen molar-refractivity contribution < 1.29 is 4.79 Å². The zero-order chi connectivity index (χ0) is 8.43. The van der Waals surface area contributed by atoms with Gasteiger partial charge in [-0.1, -0.05) is 0 Å². The molecule has 5 heteroatoms.